The third kappa shape index (κ3) is 4.72. The molecule has 0 radical (unpaired) electrons. The van der Waals surface area contributed by atoms with Crippen LogP contribution in [-0.4, -0.2) is 46.3 Å². The molecule has 0 bridgehead atoms. The number of aromatic nitrogens is 2. The van der Waals surface area contributed by atoms with Crippen LogP contribution in [0.15, 0.2) is 5.57 Å². The van der Waals surface area contributed by atoms with Gasteiger partial charge in [0.1, 0.15) is 11.4 Å². The van der Waals surface area contributed by atoms with Crippen molar-refractivity contribution in [2.24, 2.45) is 0 Å². The monoisotopic (exact) mass is 377 g/mol. The summed E-state index contributed by atoms with van der Waals surface area (Å²) in [6.07, 6.45) is 2.44. The second kappa shape index (κ2) is 8.46. The number of carbonyl (C=O) groups excluding carboxylic acids is 1. The Bertz CT molecular complexity index is 700. The average molecular weight is 378 g/mol. The van der Waals surface area contributed by atoms with Gasteiger partial charge in [-0.05, 0) is 53.0 Å². The van der Waals surface area contributed by atoms with Crippen molar-refractivity contribution in [1.29, 1.82) is 0 Å². The molecule has 3 rings (SSSR count). The Hall–Kier alpha value is -1.82. The van der Waals surface area contributed by atoms with Gasteiger partial charge >= 0.3 is 6.09 Å². The van der Waals surface area contributed by atoms with Crippen LogP contribution in [0.3, 0.4) is 0 Å². The minimum atomic E-state index is -0.522. The van der Waals surface area contributed by atoms with Gasteiger partial charge < -0.3 is 14.5 Å². The molecule has 0 aromatic carbocycles. The van der Waals surface area contributed by atoms with Gasteiger partial charge in [0.15, 0.2) is 0 Å². The number of aryl methyl sites for hydroxylation is 1. The molecule has 27 heavy (non-hydrogen) atoms. The maximum Gasteiger partial charge on any atom is 0.411 e. The van der Waals surface area contributed by atoms with E-state index in [0.717, 1.165) is 30.8 Å². The fraction of sp³-hybridized carbons (Fsp3) is 0.714. The van der Waals surface area contributed by atoms with Crippen molar-refractivity contribution < 1.29 is 14.3 Å². The number of amides is 1. The lowest BCUT2D eigenvalue weighted by atomic mass is 9.95. The predicted molar refractivity (Wildman–Crippen MR) is 108 cm³/mol. The van der Waals surface area contributed by atoms with E-state index >= 15 is 0 Å². The zero-order valence-electron chi connectivity index (χ0n) is 18.1. The van der Waals surface area contributed by atoms with Gasteiger partial charge in [-0.15, -0.1) is 0 Å². The summed E-state index contributed by atoms with van der Waals surface area (Å²) < 4.78 is 11.1. The van der Waals surface area contributed by atoms with E-state index < -0.39 is 5.60 Å². The summed E-state index contributed by atoms with van der Waals surface area (Å²) in [5.41, 5.74) is 4.32. The number of nitrogens with zero attached hydrogens (tertiary/aromatic N) is 2. The van der Waals surface area contributed by atoms with Crippen molar-refractivity contribution in [2.45, 2.75) is 85.5 Å². The number of methoxy groups -OCH3 is 1. The Morgan fingerprint density at radius 2 is 1.89 bits per heavy atom. The molecule has 6 nitrogen and oxygen atoms in total. The first-order chi connectivity index (χ1) is 12.7. The number of rotatable bonds is 2. The predicted octanol–water partition coefficient (Wildman–Crippen LogP) is 4.87. The lowest BCUT2D eigenvalue weighted by Crippen LogP contribution is -2.37. The van der Waals surface area contributed by atoms with Crippen LogP contribution >= 0.6 is 0 Å². The highest BCUT2D eigenvalue weighted by Crippen LogP contribution is 2.36. The maximum atomic E-state index is 12.7. The number of allylic oxidation sites excluding steroid dienone is 2. The van der Waals surface area contributed by atoms with Gasteiger partial charge in [0.05, 0.1) is 24.4 Å². The van der Waals surface area contributed by atoms with Gasteiger partial charge in [-0.25, -0.2) is 9.78 Å². The van der Waals surface area contributed by atoms with Crippen LogP contribution in [0.2, 0.25) is 0 Å². The first-order valence-corrected chi connectivity index (χ1v) is 9.97. The minimum Gasteiger partial charge on any atom is -0.444 e. The van der Waals surface area contributed by atoms with Crippen molar-refractivity contribution >= 4 is 11.7 Å². The molecule has 2 heterocycles. The zero-order valence-corrected chi connectivity index (χ0v) is 18.1. The lowest BCUT2D eigenvalue weighted by molar-refractivity contribution is 0.0190. The van der Waals surface area contributed by atoms with Crippen molar-refractivity contribution in [2.75, 3.05) is 13.7 Å². The number of fused-ring (bicyclic) bond motifs is 1. The Labute approximate surface area is 163 Å². The molecule has 6 heteroatoms. The largest absolute Gasteiger partial charge is 0.444 e. The first-order valence-electron chi connectivity index (χ1n) is 9.97. The van der Waals surface area contributed by atoms with Gasteiger partial charge in [-0.3, -0.25) is 4.90 Å². The highest BCUT2D eigenvalue weighted by molar-refractivity contribution is 5.70. The number of imidazole rings is 1. The molecule has 2 aliphatic rings. The Kier molecular flexibility index (Phi) is 6.73. The van der Waals surface area contributed by atoms with Crippen LogP contribution in [0.4, 0.5) is 4.79 Å². The van der Waals surface area contributed by atoms with Gasteiger partial charge in [0, 0.05) is 19.2 Å². The molecule has 2 unspecified atom stereocenters. The van der Waals surface area contributed by atoms with E-state index in [0.29, 0.717) is 6.54 Å². The molecule has 1 aliphatic heterocycles. The number of carbonyl (C=O) groups is 1. The summed E-state index contributed by atoms with van der Waals surface area (Å²) in [5, 5.41) is 0. The molecule has 1 aromatic heterocycles. The SMILES string of the molecule is CC.COC1CC(c2nc3c([nH]2)CCC(C)=C3C)N(C(=O)OC(C)(C)C)C1. The molecular weight excluding hydrogens is 342 g/mol. The molecule has 152 valence electrons. The summed E-state index contributed by atoms with van der Waals surface area (Å²) in [7, 11) is 1.68. The third-order valence-electron chi connectivity index (χ3n) is 5.08. The molecule has 1 aliphatic carbocycles. The minimum absolute atomic E-state index is 0.00183. The number of hydrogen-bond donors (Lipinski definition) is 1. The summed E-state index contributed by atoms with van der Waals surface area (Å²) in [4.78, 5) is 22.7. The van der Waals surface area contributed by atoms with E-state index in [1.165, 1.54) is 16.8 Å². The number of likely N-dealkylation sites (tertiary alicyclic amines) is 1. The second-order valence-electron chi connectivity index (χ2n) is 8.10. The van der Waals surface area contributed by atoms with Crippen LogP contribution in [0.25, 0.3) is 5.57 Å². The fourth-order valence-electron chi connectivity index (χ4n) is 3.53. The Balaban J connectivity index is 0.00000126. The van der Waals surface area contributed by atoms with E-state index in [-0.39, 0.29) is 18.2 Å². The molecule has 1 amide bonds. The van der Waals surface area contributed by atoms with Crippen molar-refractivity contribution in [1.82, 2.24) is 14.9 Å². The van der Waals surface area contributed by atoms with Crippen molar-refractivity contribution in [3.05, 3.63) is 22.8 Å². The number of ether oxygens (including phenoxy) is 2. The summed E-state index contributed by atoms with van der Waals surface area (Å²) >= 11 is 0. The Morgan fingerprint density at radius 1 is 1.22 bits per heavy atom. The third-order valence-corrected chi connectivity index (χ3v) is 5.08. The van der Waals surface area contributed by atoms with E-state index in [9.17, 15) is 4.79 Å². The van der Waals surface area contributed by atoms with Crippen molar-refractivity contribution in [3.63, 3.8) is 0 Å². The van der Waals surface area contributed by atoms with Gasteiger partial charge in [-0.2, -0.15) is 0 Å². The molecule has 1 fully saturated rings. The van der Waals surface area contributed by atoms with Gasteiger partial charge in [-0.1, -0.05) is 19.4 Å². The highest BCUT2D eigenvalue weighted by Gasteiger charge is 2.40. The normalized spacial score (nSPS) is 22.3. The summed E-state index contributed by atoms with van der Waals surface area (Å²) in [6, 6.07) is -0.140. The number of nitrogens with one attached hydrogen (secondary N) is 1. The lowest BCUT2D eigenvalue weighted by Gasteiger charge is -2.27. The maximum absolute atomic E-state index is 12.7. The molecule has 1 aromatic rings. The highest BCUT2D eigenvalue weighted by atomic mass is 16.6. The van der Waals surface area contributed by atoms with Gasteiger partial charge in [0.2, 0.25) is 0 Å². The van der Waals surface area contributed by atoms with Crippen LogP contribution in [0, 0.1) is 0 Å². The molecule has 0 saturated carbocycles. The average Bonchev–Trinajstić information content (AvgIpc) is 3.22. The van der Waals surface area contributed by atoms with E-state index in [1.807, 2.05) is 34.6 Å². The number of H-pyrrole nitrogens is 1. The zero-order chi connectivity index (χ0) is 20.4. The fourth-order valence-corrected chi connectivity index (χ4v) is 3.53. The van der Waals surface area contributed by atoms with Crippen LogP contribution in [0.5, 0.6) is 0 Å². The number of hydrogen-bond acceptors (Lipinski definition) is 4. The van der Waals surface area contributed by atoms with Crippen LogP contribution in [0.1, 0.15) is 84.6 Å². The quantitative estimate of drug-likeness (QED) is 0.798. The van der Waals surface area contributed by atoms with E-state index in [2.05, 4.69) is 18.8 Å². The Morgan fingerprint density at radius 3 is 2.48 bits per heavy atom. The molecular formula is C21H35N3O3. The topological polar surface area (TPSA) is 67.5 Å². The van der Waals surface area contributed by atoms with E-state index in [1.54, 1.807) is 12.0 Å². The first kappa shape index (κ1) is 21.5. The second-order valence-corrected chi connectivity index (χ2v) is 8.10. The smallest absolute Gasteiger partial charge is 0.411 e. The number of aromatic amines is 1. The molecule has 0 spiro atoms. The standard InChI is InChI=1S/C19H29N3O3.C2H6/c1-11-7-8-14-16(12(11)2)21-17(20-14)15-9-13(24-6)10-22(15)18(23)25-19(3,4)5;1-2/h13,15H,7-10H2,1-6H3,(H,20,21);1-2H3. The van der Waals surface area contributed by atoms with E-state index in [4.69, 9.17) is 14.5 Å². The van der Waals surface area contributed by atoms with Gasteiger partial charge in [0.25, 0.3) is 0 Å². The van der Waals surface area contributed by atoms with Crippen LogP contribution in [-0.2, 0) is 15.9 Å². The summed E-state index contributed by atoms with van der Waals surface area (Å²) in [6.45, 7) is 14.5. The molecule has 2 atom stereocenters. The van der Waals surface area contributed by atoms with Crippen LogP contribution < -0.4 is 0 Å². The van der Waals surface area contributed by atoms with Crippen molar-refractivity contribution in [3.8, 4) is 0 Å². The molecule has 1 saturated heterocycles. The summed E-state index contributed by atoms with van der Waals surface area (Å²) in [5.74, 6) is 0.837. The molecule has 1 N–H and O–H groups in total.